The van der Waals surface area contributed by atoms with Crippen LogP contribution in [-0.2, 0) is 13.1 Å². The summed E-state index contributed by atoms with van der Waals surface area (Å²) in [6, 6.07) is 6.21. The molecule has 0 unspecified atom stereocenters. The van der Waals surface area contributed by atoms with Crippen molar-refractivity contribution >= 4 is 0 Å². The minimum atomic E-state index is 0.733. The molecule has 0 aliphatic heterocycles. The van der Waals surface area contributed by atoms with Crippen LogP contribution in [0.5, 0.6) is 5.75 Å². The molecule has 0 aliphatic carbocycles. The molecule has 19 heavy (non-hydrogen) atoms. The van der Waals surface area contributed by atoms with Crippen LogP contribution >= 0.6 is 0 Å². The lowest BCUT2D eigenvalue weighted by atomic mass is 10.1. The molecule has 4 nitrogen and oxygen atoms in total. The first kappa shape index (κ1) is 13.6. The summed E-state index contributed by atoms with van der Waals surface area (Å²) in [5, 5.41) is 7.69. The summed E-state index contributed by atoms with van der Waals surface area (Å²) in [6.07, 6.45) is 3.98. The zero-order valence-electron chi connectivity index (χ0n) is 11.8. The number of rotatable bonds is 6. The van der Waals surface area contributed by atoms with Crippen molar-refractivity contribution in [3.8, 4) is 5.75 Å². The van der Waals surface area contributed by atoms with Gasteiger partial charge < -0.3 is 10.1 Å². The van der Waals surface area contributed by atoms with E-state index in [1.165, 1.54) is 11.1 Å². The van der Waals surface area contributed by atoms with Crippen LogP contribution in [0.15, 0.2) is 30.6 Å². The molecule has 2 rings (SSSR count). The molecule has 1 aromatic heterocycles. The molecule has 0 saturated carbocycles. The summed E-state index contributed by atoms with van der Waals surface area (Å²) >= 11 is 0. The van der Waals surface area contributed by atoms with Gasteiger partial charge in [0.15, 0.2) is 0 Å². The first-order valence-corrected chi connectivity index (χ1v) is 6.58. The van der Waals surface area contributed by atoms with Gasteiger partial charge in [-0.05, 0) is 19.5 Å². The first-order valence-electron chi connectivity index (χ1n) is 6.58. The zero-order valence-corrected chi connectivity index (χ0v) is 11.8. The van der Waals surface area contributed by atoms with Crippen LogP contribution in [0.1, 0.15) is 23.6 Å². The number of ether oxygens (including phenoxy) is 1. The van der Waals surface area contributed by atoms with Gasteiger partial charge in [-0.3, -0.25) is 4.68 Å². The van der Waals surface area contributed by atoms with Gasteiger partial charge in [-0.1, -0.05) is 24.6 Å². The maximum absolute atomic E-state index is 5.39. The normalized spacial score (nSPS) is 10.7. The molecule has 1 heterocycles. The zero-order chi connectivity index (χ0) is 13.7. The van der Waals surface area contributed by atoms with Crippen LogP contribution in [0, 0.1) is 6.92 Å². The van der Waals surface area contributed by atoms with Crippen LogP contribution in [0.4, 0.5) is 0 Å². The number of nitrogens with zero attached hydrogens (tertiary/aromatic N) is 2. The molecule has 0 aliphatic rings. The monoisotopic (exact) mass is 259 g/mol. The van der Waals surface area contributed by atoms with E-state index in [1.54, 1.807) is 7.11 Å². The molecule has 0 saturated heterocycles. The molecule has 102 valence electrons. The molecule has 0 radical (unpaired) electrons. The predicted molar refractivity (Wildman–Crippen MR) is 76.4 cm³/mol. The van der Waals surface area contributed by atoms with Crippen molar-refractivity contribution in [2.24, 2.45) is 0 Å². The van der Waals surface area contributed by atoms with Crippen molar-refractivity contribution < 1.29 is 4.74 Å². The third-order valence-electron chi connectivity index (χ3n) is 3.03. The Kier molecular flexibility index (Phi) is 4.58. The van der Waals surface area contributed by atoms with E-state index >= 15 is 0 Å². The first-order chi connectivity index (χ1) is 9.22. The van der Waals surface area contributed by atoms with Gasteiger partial charge in [-0.15, -0.1) is 0 Å². The number of aromatic nitrogens is 2. The average molecular weight is 259 g/mol. The smallest absolute Gasteiger partial charge is 0.123 e. The Balaban J connectivity index is 2.12. The maximum Gasteiger partial charge on any atom is 0.123 e. The molecule has 0 atom stereocenters. The van der Waals surface area contributed by atoms with Crippen LogP contribution in [0.2, 0.25) is 0 Å². The lowest BCUT2D eigenvalue weighted by molar-refractivity contribution is 0.407. The second kappa shape index (κ2) is 6.38. The Labute approximate surface area is 114 Å². The Bertz CT molecular complexity index is 534. The molecule has 2 aromatic rings. The standard InChI is InChI=1S/C15H21N3O/c1-4-16-8-13-9-17-18(10-13)11-14-7-12(2)5-6-15(14)19-3/h5-7,9-10,16H,4,8,11H2,1-3H3. The molecule has 0 fully saturated rings. The number of hydrogen-bond acceptors (Lipinski definition) is 3. The van der Waals surface area contributed by atoms with Crippen molar-refractivity contribution in [1.82, 2.24) is 15.1 Å². The van der Waals surface area contributed by atoms with Crippen molar-refractivity contribution in [2.45, 2.75) is 26.9 Å². The molecule has 1 N–H and O–H groups in total. The Morgan fingerprint density at radius 1 is 1.37 bits per heavy atom. The molecule has 0 bridgehead atoms. The van der Waals surface area contributed by atoms with E-state index in [4.69, 9.17) is 4.74 Å². The van der Waals surface area contributed by atoms with Crippen LogP contribution in [0.25, 0.3) is 0 Å². The van der Waals surface area contributed by atoms with Crippen LogP contribution < -0.4 is 10.1 Å². The summed E-state index contributed by atoms with van der Waals surface area (Å²) in [6.45, 7) is 6.75. The molecule has 1 aromatic carbocycles. The maximum atomic E-state index is 5.39. The van der Waals surface area contributed by atoms with E-state index in [2.05, 4.69) is 42.6 Å². The highest BCUT2D eigenvalue weighted by Gasteiger charge is 2.05. The van der Waals surface area contributed by atoms with E-state index < -0.39 is 0 Å². The second-order valence-corrected chi connectivity index (χ2v) is 4.64. The van der Waals surface area contributed by atoms with Gasteiger partial charge in [0, 0.05) is 23.9 Å². The van der Waals surface area contributed by atoms with Gasteiger partial charge in [0.25, 0.3) is 0 Å². The molecule has 0 amide bonds. The summed E-state index contributed by atoms with van der Waals surface area (Å²) in [4.78, 5) is 0. The Hall–Kier alpha value is -1.81. The summed E-state index contributed by atoms with van der Waals surface area (Å²) < 4.78 is 7.34. The lowest BCUT2D eigenvalue weighted by Gasteiger charge is -2.09. The van der Waals surface area contributed by atoms with E-state index in [0.29, 0.717) is 0 Å². The highest BCUT2D eigenvalue weighted by atomic mass is 16.5. The molecular formula is C15H21N3O. The van der Waals surface area contributed by atoms with E-state index in [0.717, 1.165) is 30.9 Å². The SMILES string of the molecule is CCNCc1cnn(Cc2cc(C)ccc2OC)c1. The highest BCUT2D eigenvalue weighted by molar-refractivity contribution is 5.37. The van der Waals surface area contributed by atoms with Gasteiger partial charge in [-0.25, -0.2) is 0 Å². The minimum Gasteiger partial charge on any atom is -0.496 e. The Morgan fingerprint density at radius 2 is 2.21 bits per heavy atom. The average Bonchev–Trinajstić information content (AvgIpc) is 2.84. The van der Waals surface area contributed by atoms with Gasteiger partial charge >= 0.3 is 0 Å². The highest BCUT2D eigenvalue weighted by Crippen LogP contribution is 2.20. The number of methoxy groups -OCH3 is 1. The van der Waals surface area contributed by atoms with Gasteiger partial charge in [0.1, 0.15) is 5.75 Å². The van der Waals surface area contributed by atoms with Gasteiger partial charge in [0.05, 0.1) is 19.9 Å². The topological polar surface area (TPSA) is 39.1 Å². The minimum absolute atomic E-state index is 0.733. The van der Waals surface area contributed by atoms with Crippen molar-refractivity contribution in [2.75, 3.05) is 13.7 Å². The number of hydrogen-bond donors (Lipinski definition) is 1. The molecular weight excluding hydrogens is 238 g/mol. The lowest BCUT2D eigenvalue weighted by Crippen LogP contribution is -2.11. The Morgan fingerprint density at radius 3 is 2.95 bits per heavy atom. The summed E-state index contributed by atoms with van der Waals surface area (Å²) in [7, 11) is 1.70. The van der Waals surface area contributed by atoms with Crippen LogP contribution in [0.3, 0.4) is 0 Å². The largest absolute Gasteiger partial charge is 0.496 e. The third-order valence-corrected chi connectivity index (χ3v) is 3.03. The fourth-order valence-corrected chi connectivity index (χ4v) is 2.06. The molecule has 0 spiro atoms. The van der Waals surface area contributed by atoms with E-state index in [9.17, 15) is 0 Å². The van der Waals surface area contributed by atoms with Crippen LogP contribution in [-0.4, -0.2) is 23.4 Å². The predicted octanol–water partition coefficient (Wildman–Crippen LogP) is 2.36. The third kappa shape index (κ3) is 3.58. The van der Waals surface area contributed by atoms with Crippen molar-refractivity contribution in [3.63, 3.8) is 0 Å². The number of benzene rings is 1. The summed E-state index contributed by atoms with van der Waals surface area (Å²) in [5.74, 6) is 0.911. The quantitative estimate of drug-likeness (QED) is 0.865. The van der Waals surface area contributed by atoms with E-state index in [1.807, 2.05) is 16.9 Å². The fourth-order valence-electron chi connectivity index (χ4n) is 2.06. The van der Waals surface area contributed by atoms with Gasteiger partial charge in [-0.2, -0.15) is 5.10 Å². The summed E-state index contributed by atoms with van der Waals surface area (Å²) in [5.41, 5.74) is 3.59. The second-order valence-electron chi connectivity index (χ2n) is 4.64. The van der Waals surface area contributed by atoms with Crippen molar-refractivity contribution in [1.29, 1.82) is 0 Å². The number of aryl methyl sites for hydroxylation is 1. The van der Waals surface area contributed by atoms with Crippen molar-refractivity contribution in [3.05, 3.63) is 47.3 Å². The number of nitrogens with one attached hydrogen (secondary N) is 1. The fraction of sp³-hybridized carbons (Fsp3) is 0.400. The molecule has 4 heteroatoms. The van der Waals surface area contributed by atoms with E-state index in [-0.39, 0.29) is 0 Å². The van der Waals surface area contributed by atoms with Gasteiger partial charge in [0.2, 0.25) is 0 Å².